The van der Waals surface area contributed by atoms with Gasteiger partial charge in [0.05, 0.1) is 9.83 Å². The molecule has 1 aliphatic rings. The van der Waals surface area contributed by atoms with Crippen LogP contribution in [0.2, 0.25) is 0 Å². The second kappa shape index (κ2) is 8.27. The van der Waals surface area contributed by atoms with Crippen molar-refractivity contribution in [3.63, 3.8) is 0 Å². The van der Waals surface area contributed by atoms with Gasteiger partial charge in [0, 0.05) is 32.7 Å². The van der Waals surface area contributed by atoms with Crippen molar-refractivity contribution in [1.29, 1.82) is 0 Å². The van der Waals surface area contributed by atoms with Crippen LogP contribution < -0.4 is 5.32 Å². The minimum Gasteiger partial charge on any atom is -0.354 e. The Kier molecular flexibility index (Phi) is 6.83. The van der Waals surface area contributed by atoms with Crippen LogP contribution in [0.5, 0.6) is 0 Å². The number of hydrogen-bond donors (Lipinski definition) is 1. The molecule has 0 unspecified atom stereocenters. The lowest BCUT2D eigenvalue weighted by molar-refractivity contribution is -0.126. The second-order valence-corrected chi connectivity index (χ2v) is 10.9. The summed E-state index contributed by atoms with van der Waals surface area (Å²) in [6.07, 6.45) is 0. The smallest absolute Gasteiger partial charge is 0.252 e. The summed E-state index contributed by atoms with van der Waals surface area (Å²) >= 11 is 4.52. The number of sulfonamides is 1. The summed E-state index contributed by atoms with van der Waals surface area (Å²) in [7, 11) is -3.44. The molecule has 2 rings (SSSR count). The Bertz CT molecular complexity index is 667. The van der Waals surface area contributed by atoms with E-state index in [-0.39, 0.29) is 11.9 Å². The highest BCUT2D eigenvalue weighted by Crippen LogP contribution is 2.29. The van der Waals surface area contributed by atoms with E-state index in [9.17, 15) is 13.2 Å². The molecule has 1 fully saturated rings. The Hall–Kier alpha value is -0.480. The standard InChI is InChI=1S/C15H24BrN3O3S2/c1-11(2)10-17-15(20)12(3)18-6-8-19(9-7-18)24(21,22)14-5-4-13(16)23-14/h4-5,11-12H,6-10H2,1-3H3,(H,17,20)/t12-/m0/s1. The quantitative estimate of drug-likeness (QED) is 0.738. The topological polar surface area (TPSA) is 69.7 Å². The van der Waals surface area contributed by atoms with Crippen molar-refractivity contribution in [1.82, 2.24) is 14.5 Å². The summed E-state index contributed by atoms with van der Waals surface area (Å²) in [5, 5.41) is 2.93. The van der Waals surface area contributed by atoms with Gasteiger partial charge in [-0.2, -0.15) is 4.31 Å². The molecule has 0 bridgehead atoms. The maximum Gasteiger partial charge on any atom is 0.252 e. The van der Waals surface area contributed by atoms with Gasteiger partial charge in [0.15, 0.2) is 0 Å². The number of carbonyl (C=O) groups excluding carboxylic acids is 1. The van der Waals surface area contributed by atoms with E-state index >= 15 is 0 Å². The molecule has 1 aliphatic heterocycles. The molecule has 1 amide bonds. The summed E-state index contributed by atoms with van der Waals surface area (Å²) in [5.41, 5.74) is 0. The zero-order valence-corrected chi connectivity index (χ0v) is 17.4. The van der Waals surface area contributed by atoms with Crippen LogP contribution in [-0.2, 0) is 14.8 Å². The number of thiophene rings is 1. The summed E-state index contributed by atoms with van der Waals surface area (Å²) in [4.78, 5) is 14.2. The first-order chi connectivity index (χ1) is 11.2. The monoisotopic (exact) mass is 437 g/mol. The fraction of sp³-hybridized carbons (Fsp3) is 0.667. The summed E-state index contributed by atoms with van der Waals surface area (Å²) in [6.45, 7) is 8.55. The third-order valence-electron chi connectivity index (χ3n) is 4.03. The molecule has 0 saturated carbocycles. The van der Waals surface area contributed by atoms with Gasteiger partial charge in [0.25, 0.3) is 10.0 Å². The predicted octanol–water partition coefficient (Wildman–Crippen LogP) is 1.98. The van der Waals surface area contributed by atoms with Gasteiger partial charge in [-0.15, -0.1) is 11.3 Å². The third kappa shape index (κ3) is 4.78. The normalized spacial score (nSPS) is 18.7. The van der Waals surface area contributed by atoms with E-state index in [1.165, 1.54) is 15.6 Å². The molecule has 9 heteroatoms. The maximum absolute atomic E-state index is 12.6. The van der Waals surface area contributed by atoms with Gasteiger partial charge in [-0.3, -0.25) is 9.69 Å². The van der Waals surface area contributed by atoms with Crippen molar-refractivity contribution in [2.24, 2.45) is 5.92 Å². The first-order valence-corrected chi connectivity index (χ1v) is 11.0. The molecule has 136 valence electrons. The van der Waals surface area contributed by atoms with Crippen molar-refractivity contribution in [2.75, 3.05) is 32.7 Å². The van der Waals surface area contributed by atoms with Crippen LogP contribution in [0.15, 0.2) is 20.1 Å². The van der Waals surface area contributed by atoms with Gasteiger partial charge in [-0.05, 0) is 40.9 Å². The third-order valence-corrected chi connectivity index (χ3v) is 8.02. The van der Waals surface area contributed by atoms with Gasteiger partial charge in [-0.1, -0.05) is 13.8 Å². The van der Waals surface area contributed by atoms with Crippen LogP contribution in [0.3, 0.4) is 0 Å². The fourth-order valence-electron chi connectivity index (χ4n) is 2.51. The number of nitrogens with one attached hydrogen (secondary N) is 1. The molecule has 0 radical (unpaired) electrons. The highest BCUT2D eigenvalue weighted by atomic mass is 79.9. The van der Waals surface area contributed by atoms with Crippen molar-refractivity contribution in [3.05, 3.63) is 15.9 Å². The molecule has 6 nitrogen and oxygen atoms in total. The molecule has 1 saturated heterocycles. The van der Waals surface area contributed by atoms with Crippen LogP contribution in [0.4, 0.5) is 0 Å². The highest BCUT2D eigenvalue weighted by molar-refractivity contribution is 9.11. The Morgan fingerprint density at radius 1 is 1.25 bits per heavy atom. The number of carbonyl (C=O) groups is 1. The SMILES string of the molecule is CC(C)CNC(=O)[C@H](C)N1CCN(S(=O)(=O)c2ccc(Br)s2)CC1. The van der Waals surface area contributed by atoms with E-state index in [0.717, 1.165) is 3.79 Å². The molecule has 1 aromatic heterocycles. The lowest BCUT2D eigenvalue weighted by atomic mass is 10.2. The number of rotatable bonds is 6. The van der Waals surface area contributed by atoms with Crippen LogP contribution in [-0.4, -0.2) is 62.3 Å². The molecular formula is C15H24BrN3O3S2. The van der Waals surface area contributed by atoms with E-state index in [0.29, 0.717) is 42.9 Å². The average Bonchev–Trinajstić information content (AvgIpc) is 2.99. The average molecular weight is 438 g/mol. The number of nitrogens with zero attached hydrogens (tertiary/aromatic N) is 2. The van der Waals surface area contributed by atoms with Crippen LogP contribution >= 0.6 is 27.3 Å². The predicted molar refractivity (Wildman–Crippen MR) is 99.7 cm³/mol. The van der Waals surface area contributed by atoms with Crippen LogP contribution in [0.1, 0.15) is 20.8 Å². The first kappa shape index (κ1) is 19.8. The second-order valence-electron chi connectivity index (χ2n) is 6.31. The van der Waals surface area contributed by atoms with Gasteiger partial charge in [-0.25, -0.2) is 8.42 Å². The molecule has 1 aromatic rings. The molecule has 24 heavy (non-hydrogen) atoms. The van der Waals surface area contributed by atoms with Crippen molar-refractivity contribution in [2.45, 2.75) is 31.0 Å². The maximum atomic E-state index is 12.6. The Morgan fingerprint density at radius 3 is 2.38 bits per heavy atom. The molecule has 1 N–H and O–H groups in total. The molecule has 1 atom stereocenters. The lowest BCUT2D eigenvalue weighted by Crippen LogP contribution is -2.55. The van der Waals surface area contributed by atoms with E-state index in [2.05, 4.69) is 35.1 Å². The number of piperazine rings is 1. The summed E-state index contributed by atoms with van der Waals surface area (Å²) < 4.78 is 27.9. The Labute approximate surface area is 156 Å². The zero-order valence-electron chi connectivity index (χ0n) is 14.2. The van der Waals surface area contributed by atoms with Gasteiger partial charge in [0.2, 0.25) is 5.91 Å². The molecule has 2 heterocycles. The first-order valence-electron chi connectivity index (χ1n) is 7.99. The number of amides is 1. The minimum atomic E-state index is -3.44. The summed E-state index contributed by atoms with van der Waals surface area (Å²) in [6, 6.07) is 3.12. The van der Waals surface area contributed by atoms with E-state index in [4.69, 9.17) is 0 Å². The zero-order chi connectivity index (χ0) is 17.9. The Morgan fingerprint density at radius 2 is 1.88 bits per heavy atom. The van der Waals surface area contributed by atoms with E-state index in [1.54, 1.807) is 12.1 Å². The lowest BCUT2D eigenvalue weighted by Gasteiger charge is -2.36. The van der Waals surface area contributed by atoms with Gasteiger partial charge >= 0.3 is 0 Å². The van der Waals surface area contributed by atoms with Crippen LogP contribution in [0.25, 0.3) is 0 Å². The van der Waals surface area contributed by atoms with Crippen molar-refractivity contribution >= 4 is 43.2 Å². The minimum absolute atomic E-state index is 0.00203. The van der Waals surface area contributed by atoms with Gasteiger partial charge in [0.1, 0.15) is 4.21 Å². The largest absolute Gasteiger partial charge is 0.354 e. The number of halogens is 1. The van der Waals surface area contributed by atoms with E-state index < -0.39 is 10.0 Å². The number of hydrogen-bond acceptors (Lipinski definition) is 5. The highest BCUT2D eigenvalue weighted by Gasteiger charge is 2.32. The van der Waals surface area contributed by atoms with Crippen LogP contribution in [0, 0.1) is 5.92 Å². The summed E-state index contributed by atoms with van der Waals surface area (Å²) in [5.74, 6) is 0.412. The van der Waals surface area contributed by atoms with Crippen molar-refractivity contribution in [3.8, 4) is 0 Å². The molecule has 0 spiro atoms. The molecular weight excluding hydrogens is 414 g/mol. The fourth-order valence-corrected chi connectivity index (χ4v) is 6.10. The van der Waals surface area contributed by atoms with Crippen molar-refractivity contribution < 1.29 is 13.2 Å². The molecule has 0 aromatic carbocycles. The van der Waals surface area contributed by atoms with E-state index in [1.807, 2.05) is 11.8 Å². The molecule has 0 aliphatic carbocycles. The Balaban J connectivity index is 1.92. The van der Waals surface area contributed by atoms with Gasteiger partial charge < -0.3 is 5.32 Å².